The lowest BCUT2D eigenvalue weighted by molar-refractivity contribution is -0.140. The van der Waals surface area contributed by atoms with Gasteiger partial charge in [0.05, 0.1) is 39.0 Å². The molecule has 4 rings (SSSR count). The number of amides is 2. The second-order valence-electron chi connectivity index (χ2n) is 11.6. The van der Waals surface area contributed by atoms with Crippen LogP contribution in [0.2, 0.25) is 5.02 Å². The van der Waals surface area contributed by atoms with Crippen LogP contribution in [0, 0.1) is 0 Å². The van der Waals surface area contributed by atoms with E-state index >= 15 is 0 Å². The molecule has 0 aliphatic heterocycles. The van der Waals surface area contributed by atoms with Crippen LogP contribution in [0.4, 0.5) is 5.69 Å². The summed E-state index contributed by atoms with van der Waals surface area (Å²) in [6.07, 6.45) is 1.79. The molecule has 1 N–H and O–H groups in total. The van der Waals surface area contributed by atoms with E-state index in [2.05, 4.69) is 5.32 Å². The van der Waals surface area contributed by atoms with Gasteiger partial charge in [-0.05, 0) is 53.9 Å². The third-order valence-corrected chi connectivity index (χ3v) is 10.2. The predicted octanol–water partition coefficient (Wildman–Crippen LogP) is 6.13. The van der Waals surface area contributed by atoms with Crippen LogP contribution in [0.5, 0.6) is 23.0 Å². The standard InChI is InChI=1S/C38H44ClN3O8S/c1-6-7-20-40-38(44)33(22-27-12-9-8-10-13-27)41(25-28-14-11-15-29(39)21-28)37(43)26-42(32-23-30(47-2)16-18-34(32)48-3)51(45,46)31-17-19-35(49-4)36(24-31)50-5/h8-19,21,23-24,33H,6-7,20,22,25-26H2,1-5H3,(H,40,44)/t33-/m1/s1. The van der Waals surface area contributed by atoms with Crippen LogP contribution in [-0.2, 0) is 32.6 Å². The lowest BCUT2D eigenvalue weighted by atomic mass is 10.0. The largest absolute Gasteiger partial charge is 0.497 e. The molecular weight excluding hydrogens is 694 g/mol. The minimum atomic E-state index is -4.51. The van der Waals surface area contributed by atoms with Crippen molar-refractivity contribution >= 4 is 39.1 Å². The first-order chi connectivity index (χ1) is 24.6. The molecule has 0 aliphatic carbocycles. The maximum Gasteiger partial charge on any atom is 0.265 e. The molecule has 51 heavy (non-hydrogen) atoms. The Labute approximate surface area is 305 Å². The van der Waals surface area contributed by atoms with Crippen LogP contribution in [-0.4, -0.2) is 72.7 Å². The van der Waals surface area contributed by atoms with Crippen molar-refractivity contribution in [2.24, 2.45) is 0 Å². The Balaban J connectivity index is 1.89. The molecule has 4 aromatic carbocycles. The number of benzene rings is 4. The Bertz CT molecular complexity index is 1890. The van der Waals surface area contributed by atoms with Crippen molar-refractivity contribution < 1.29 is 37.0 Å². The summed E-state index contributed by atoms with van der Waals surface area (Å²) < 4.78 is 52.1. The van der Waals surface area contributed by atoms with Gasteiger partial charge in [-0.1, -0.05) is 67.4 Å². The van der Waals surface area contributed by atoms with Crippen molar-refractivity contribution in [1.82, 2.24) is 10.2 Å². The summed E-state index contributed by atoms with van der Waals surface area (Å²) in [5, 5.41) is 3.43. The highest BCUT2D eigenvalue weighted by molar-refractivity contribution is 7.92. The van der Waals surface area contributed by atoms with Crippen molar-refractivity contribution in [3.05, 3.63) is 107 Å². The topological polar surface area (TPSA) is 124 Å². The second kappa shape index (κ2) is 18.3. The summed E-state index contributed by atoms with van der Waals surface area (Å²) in [6.45, 7) is 1.70. The zero-order chi connectivity index (χ0) is 37.0. The third kappa shape index (κ3) is 9.86. The van der Waals surface area contributed by atoms with E-state index in [0.29, 0.717) is 28.6 Å². The average Bonchev–Trinajstić information content (AvgIpc) is 3.14. The SMILES string of the molecule is CCCCNC(=O)[C@@H](Cc1ccccc1)N(Cc1cccc(Cl)c1)C(=O)CN(c1cc(OC)ccc1OC)S(=O)(=O)c1ccc(OC)c(OC)c1. The van der Waals surface area contributed by atoms with Gasteiger partial charge in [-0.3, -0.25) is 13.9 Å². The van der Waals surface area contributed by atoms with Gasteiger partial charge in [-0.25, -0.2) is 8.42 Å². The number of sulfonamides is 1. The lowest BCUT2D eigenvalue weighted by Gasteiger charge is -2.34. The third-order valence-electron chi connectivity index (χ3n) is 8.22. The van der Waals surface area contributed by atoms with Gasteiger partial charge in [-0.2, -0.15) is 0 Å². The van der Waals surface area contributed by atoms with E-state index in [0.717, 1.165) is 22.7 Å². The maximum atomic E-state index is 14.8. The van der Waals surface area contributed by atoms with Crippen LogP contribution in [0.3, 0.4) is 0 Å². The lowest BCUT2D eigenvalue weighted by Crippen LogP contribution is -2.53. The number of rotatable bonds is 18. The highest BCUT2D eigenvalue weighted by atomic mass is 35.5. The molecule has 2 amide bonds. The smallest absolute Gasteiger partial charge is 0.265 e. The average molecular weight is 738 g/mol. The molecule has 1 atom stereocenters. The highest BCUT2D eigenvalue weighted by Crippen LogP contribution is 2.38. The Morgan fingerprint density at radius 2 is 1.47 bits per heavy atom. The van der Waals surface area contributed by atoms with Crippen molar-refractivity contribution in [3.63, 3.8) is 0 Å². The number of hydrogen-bond acceptors (Lipinski definition) is 8. The van der Waals surface area contributed by atoms with Crippen LogP contribution in [0.25, 0.3) is 0 Å². The summed E-state index contributed by atoms with van der Waals surface area (Å²) in [6, 6.07) is 24.1. The number of carbonyl (C=O) groups excluding carboxylic acids is 2. The Kier molecular flexibility index (Phi) is 14.0. The number of hydrogen-bond donors (Lipinski definition) is 1. The maximum absolute atomic E-state index is 14.8. The van der Waals surface area contributed by atoms with Crippen molar-refractivity contribution in [2.75, 3.05) is 45.8 Å². The molecule has 0 radical (unpaired) electrons. The molecule has 0 saturated heterocycles. The zero-order valence-electron chi connectivity index (χ0n) is 29.4. The number of anilines is 1. The molecule has 0 bridgehead atoms. The van der Waals surface area contributed by atoms with Gasteiger partial charge >= 0.3 is 0 Å². The summed E-state index contributed by atoms with van der Waals surface area (Å²) in [5.41, 5.74) is 1.53. The molecule has 0 spiro atoms. The van der Waals surface area contributed by atoms with E-state index < -0.39 is 28.5 Å². The first-order valence-electron chi connectivity index (χ1n) is 16.4. The van der Waals surface area contributed by atoms with E-state index in [1.165, 1.54) is 57.6 Å². The van der Waals surface area contributed by atoms with Gasteiger partial charge in [0.15, 0.2) is 11.5 Å². The predicted molar refractivity (Wildman–Crippen MR) is 197 cm³/mol. The van der Waals surface area contributed by atoms with E-state index in [1.807, 2.05) is 37.3 Å². The summed E-state index contributed by atoms with van der Waals surface area (Å²) in [7, 11) is 1.18. The van der Waals surface area contributed by atoms with Gasteiger partial charge in [-0.15, -0.1) is 0 Å². The first-order valence-corrected chi connectivity index (χ1v) is 18.2. The molecule has 0 fully saturated rings. The molecule has 0 saturated carbocycles. The van der Waals surface area contributed by atoms with Crippen molar-refractivity contribution in [1.29, 1.82) is 0 Å². The van der Waals surface area contributed by atoms with Crippen LogP contribution in [0.1, 0.15) is 30.9 Å². The Hall–Kier alpha value is -4.94. The highest BCUT2D eigenvalue weighted by Gasteiger charge is 2.36. The van der Waals surface area contributed by atoms with Gasteiger partial charge < -0.3 is 29.2 Å². The van der Waals surface area contributed by atoms with Gasteiger partial charge in [0.25, 0.3) is 10.0 Å². The minimum Gasteiger partial charge on any atom is -0.497 e. The number of nitrogens with zero attached hydrogens (tertiary/aromatic N) is 2. The van der Waals surface area contributed by atoms with E-state index in [-0.39, 0.29) is 41.0 Å². The quantitative estimate of drug-likeness (QED) is 0.121. The van der Waals surface area contributed by atoms with Gasteiger partial charge in [0.2, 0.25) is 11.8 Å². The number of ether oxygens (including phenoxy) is 4. The van der Waals surface area contributed by atoms with Crippen LogP contribution >= 0.6 is 11.6 Å². The summed E-state index contributed by atoms with van der Waals surface area (Å²) >= 11 is 6.35. The van der Waals surface area contributed by atoms with Gasteiger partial charge in [0, 0.05) is 36.7 Å². The molecule has 0 heterocycles. The molecule has 272 valence electrons. The first kappa shape index (κ1) is 38.9. The second-order valence-corrected chi connectivity index (χ2v) is 13.9. The summed E-state index contributed by atoms with van der Waals surface area (Å²) in [4.78, 5) is 30.1. The normalized spacial score (nSPS) is 11.6. The monoisotopic (exact) mass is 737 g/mol. The Morgan fingerprint density at radius 1 is 0.784 bits per heavy atom. The Morgan fingerprint density at radius 3 is 2.12 bits per heavy atom. The fraction of sp³-hybridized carbons (Fsp3) is 0.316. The fourth-order valence-corrected chi connectivity index (χ4v) is 7.15. The number of unbranched alkanes of at least 4 members (excludes halogenated alkanes) is 1. The molecule has 4 aromatic rings. The molecule has 0 aliphatic rings. The molecular formula is C38H44ClN3O8S. The van der Waals surface area contributed by atoms with Gasteiger partial charge in [0.1, 0.15) is 24.1 Å². The zero-order valence-corrected chi connectivity index (χ0v) is 31.0. The number of carbonyl (C=O) groups is 2. The van der Waals surface area contributed by atoms with Crippen LogP contribution in [0.15, 0.2) is 95.9 Å². The van der Waals surface area contributed by atoms with Crippen molar-refractivity contribution in [2.45, 2.75) is 43.7 Å². The number of halogens is 1. The molecule has 11 nitrogen and oxygen atoms in total. The number of methoxy groups -OCH3 is 4. The molecule has 13 heteroatoms. The molecule has 0 unspecified atom stereocenters. The van der Waals surface area contributed by atoms with Crippen LogP contribution < -0.4 is 28.6 Å². The van der Waals surface area contributed by atoms with E-state index in [4.69, 9.17) is 30.5 Å². The number of nitrogens with one attached hydrogen (secondary N) is 1. The molecule has 0 aromatic heterocycles. The summed E-state index contributed by atoms with van der Waals surface area (Å²) in [5.74, 6) is -0.00214. The fourth-order valence-electron chi connectivity index (χ4n) is 5.50. The minimum absolute atomic E-state index is 0.0302. The van der Waals surface area contributed by atoms with Crippen molar-refractivity contribution in [3.8, 4) is 23.0 Å². The van der Waals surface area contributed by atoms with E-state index in [9.17, 15) is 18.0 Å². The van der Waals surface area contributed by atoms with E-state index in [1.54, 1.807) is 36.4 Å².